The summed E-state index contributed by atoms with van der Waals surface area (Å²) < 4.78 is 0. The molecular formula is C11H16Si. The molecule has 0 aromatic heterocycles. The molecule has 1 aromatic rings. The lowest BCUT2D eigenvalue weighted by Gasteiger charge is -2.09. The third-order valence-electron chi connectivity index (χ3n) is 3.13. The average molecular weight is 176 g/mol. The van der Waals surface area contributed by atoms with Gasteiger partial charge in [0.25, 0.3) is 0 Å². The van der Waals surface area contributed by atoms with Crippen LogP contribution in [-0.2, 0) is 6.42 Å². The van der Waals surface area contributed by atoms with Crippen LogP contribution in [0.4, 0.5) is 0 Å². The molecule has 1 heterocycles. The first-order chi connectivity index (χ1) is 5.70. The van der Waals surface area contributed by atoms with E-state index in [9.17, 15) is 0 Å². The highest BCUT2D eigenvalue weighted by molar-refractivity contribution is 6.74. The van der Waals surface area contributed by atoms with Crippen LogP contribution in [0.15, 0.2) is 12.1 Å². The van der Waals surface area contributed by atoms with Crippen LogP contribution in [0.25, 0.3) is 0 Å². The van der Waals surface area contributed by atoms with Gasteiger partial charge in [0.15, 0.2) is 0 Å². The number of hydrogen-bond donors (Lipinski definition) is 0. The van der Waals surface area contributed by atoms with E-state index in [1.54, 1.807) is 16.3 Å². The van der Waals surface area contributed by atoms with Crippen LogP contribution in [0.2, 0.25) is 12.6 Å². The summed E-state index contributed by atoms with van der Waals surface area (Å²) in [5.41, 5.74) is 4.76. The molecule has 1 aliphatic rings. The van der Waals surface area contributed by atoms with E-state index >= 15 is 0 Å². The van der Waals surface area contributed by atoms with E-state index in [1.807, 2.05) is 0 Å². The smallest absolute Gasteiger partial charge is 0.0680 e. The molecule has 2 rings (SSSR count). The summed E-state index contributed by atoms with van der Waals surface area (Å²) in [6, 6.07) is 6.06. The van der Waals surface area contributed by atoms with Crippen molar-refractivity contribution in [3.05, 3.63) is 28.8 Å². The highest BCUT2D eigenvalue weighted by atomic mass is 28.3. The molecule has 0 saturated heterocycles. The van der Waals surface area contributed by atoms with Gasteiger partial charge in [0.2, 0.25) is 0 Å². The topological polar surface area (TPSA) is 0 Å². The predicted octanol–water partition coefficient (Wildman–Crippen LogP) is 1.92. The summed E-state index contributed by atoms with van der Waals surface area (Å²) in [6.07, 6.45) is 1.36. The largest absolute Gasteiger partial charge is 0.0688 e. The van der Waals surface area contributed by atoms with Gasteiger partial charge in [0, 0.05) is 0 Å². The zero-order valence-corrected chi connectivity index (χ0v) is 9.30. The molecule has 0 radical (unpaired) electrons. The van der Waals surface area contributed by atoms with Gasteiger partial charge in [-0.2, -0.15) is 0 Å². The number of aryl methyl sites for hydroxylation is 2. The molecule has 1 aromatic carbocycles. The summed E-state index contributed by atoms with van der Waals surface area (Å²) in [5, 5.41) is 1.77. The van der Waals surface area contributed by atoms with Crippen molar-refractivity contribution in [2.45, 2.75) is 32.9 Å². The van der Waals surface area contributed by atoms with E-state index in [0.29, 0.717) is 0 Å². The highest BCUT2D eigenvalue weighted by Crippen LogP contribution is 2.19. The lowest BCUT2D eigenvalue weighted by atomic mass is 10.0. The van der Waals surface area contributed by atoms with Crippen LogP contribution < -0.4 is 5.19 Å². The second kappa shape index (κ2) is 2.73. The second-order valence-electron chi connectivity index (χ2n) is 4.03. The van der Waals surface area contributed by atoms with Crippen LogP contribution in [0.5, 0.6) is 0 Å². The van der Waals surface area contributed by atoms with Crippen molar-refractivity contribution >= 4 is 14.0 Å². The Bertz CT molecular complexity index is 315. The average Bonchev–Trinajstić information content (AvgIpc) is 2.42. The van der Waals surface area contributed by atoms with Crippen molar-refractivity contribution in [3.63, 3.8) is 0 Å². The van der Waals surface area contributed by atoms with Crippen LogP contribution in [0, 0.1) is 13.8 Å². The van der Waals surface area contributed by atoms with Crippen molar-refractivity contribution in [2.24, 2.45) is 0 Å². The maximum Gasteiger partial charge on any atom is 0.0688 e. The molecule has 0 saturated carbocycles. The molecule has 0 bridgehead atoms. The first-order valence-electron chi connectivity index (χ1n) is 4.79. The molecule has 1 atom stereocenters. The fraction of sp³-hybridized carbons (Fsp3) is 0.455. The molecule has 64 valence electrons. The molecule has 0 aliphatic carbocycles. The molecule has 0 nitrogen and oxygen atoms in total. The summed E-state index contributed by atoms with van der Waals surface area (Å²) in [7, 11) is -0.514. The maximum absolute atomic E-state index is 2.48. The van der Waals surface area contributed by atoms with Gasteiger partial charge in [-0.1, -0.05) is 35.5 Å². The van der Waals surface area contributed by atoms with Crippen molar-refractivity contribution in [1.29, 1.82) is 0 Å². The SMILES string of the molecule is Cc1ccc(C)c2c1CC[SiH]2C. The number of benzene rings is 1. The van der Waals surface area contributed by atoms with E-state index in [2.05, 4.69) is 32.5 Å². The molecule has 0 fully saturated rings. The molecule has 0 spiro atoms. The van der Waals surface area contributed by atoms with Gasteiger partial charge in [-0.25, -0.2) is 0 Å². The Morgan fingerprint density at radius 1 is 1.17 bits per heavy atom. The van der Waals surface area contributed by atoms with Gasteiger partial charge in [0.1, 0.15) is 0 Å². The predicted molar refractivity (Wildman–Crippen MR) is 57.1 cm³/mol. The minimum atomic E-state index is -0.514. The Labute approximate surface area is 76.2 Å². The van der Waals surface area contributed by atoms with E-state index in [4.69, 9.17) is 0 Å². The Morgan fingerprint density at radius 3 is 2.50 bits per heavy atom. The minimum Gasteiger partial charge on any atom is -0.0680 e. The fourth-order valence-electron chi connectivity index (χ4n) is 2.41. The van der Waals surface area contributed by atoms with Crippen molar-refractivity contribution < 1.29 is 0 Å². The third-order valence-corrected chi connectivity index (χ3v) is 6.07. The van der Waals surface area contributed by atoms with Gasteiger partial charge in [-0.3, -0.25) is 0 Å². The van der Waals surface area contributed by atoms with Gasteiger partial charge >= 0.3 is 0 Å². The Balaban J connectivity index is 2.64. The van der Waals surface area contributed by atoms with Crippen LogP contribution >= 0.6 is 0 Å². The Morgan fingerprint density at radius 2 is 1.83 bits per heavy atom. The summed E-state index contributed by atoms with van der Waals surface area (Å²) in [5.74, 6) is 0. The second-order valence-corrected chi connectivity index (χ2v) is 6.99. The van der Waals surface area contributed by atoms with Gasteiger partial charge in [0.05, 0.1) is 8.80 Å². The van der Waals surface area contributed by atoms with Crippen molar-refractivity contribution in [1.82, 2.24) is 0 Å². The molecule has 1 aliphatic heterocycles. The van der Waals surface area contributed by atoms with E-state index in [0.717, 1.165) is 0 Å². The molecular weight excluding hydrogens is 160 g/mol. The minimum absolute atomic E-state index is 0.514. The van der Waals surface area contributed by atoms with E-state index in [1.165, 1.54) is 18.0 Å². The van der Waals surface area contributed by atoms with Gasteiger partial charge in [-0.05, 0) is 31.4 Å². The molecule has 0 amide bonds. The lowest BCUT2D eigenvalue weighted by Crippen LogP contribution is -2.25. The quantitative estimate of drug-likeness (QED) is 0.530. The molecule has 1 heteroatoms. The standard InChI is InChI=1S/C11H16Si/c1-8-4-5-9(2)11-10(8)6-7-12(11)3/h4-5,12H,6-7H2,1-3H3. The van der Waals surface area contributed by atoms with Crippen LogP contribution in [0.1, 0.15) is 16.7 Å². The lowest BCUT2D eigenvalue weighted by molar-refractivity contribution is 1.14. The monoisotopic (exact) mass is 176 g/mol. The zero-order valence-electron chi connectivity index (χ0n) is 8.15. The molecule has 0 N–H and O–H groups in total. The maximum atomic E-state index is 2.48. The number of rotatable bonds is 0. The van der Waals surface area contributed by atoms with E-state index in [-0.39, 0.29) is 0 Å². The zero-order chi connectivity index (χ0) is 8.72. The molecule has 12 heavy (non-hydrogen) atoms. The molecule has 1 unspecified atom stereocenters. The Hall–Kier alpha value is -0.563. The normalized spacial score (nSPS) is 21.1. The fourth-order valence-corrected chi connectivity index (χ4v) is 5.26. The summed E-state index contributed by atoms with van der Waals surface area (Å²) >= 11 is 0. The van der Waals surface area contributed by atoms with Crippen LogP contribution in [0.3, 0.4) is 0 Å². The van der Waals surface area contributed by atoms with Crippen molar-refractivity contribution in [2.75, 3.05) is 0 Å². The van der Waals surface area contributed by atoms with Crippen LogP contribution in [-0.4, -0.2) is 8.80 Å². The van der Waals surface area contributed by atoms with E-state index < -0.39 is 8.80 Å². The summed E-state index contributed by atoms with van der Waals surface area (Å²) in [4.78, 5) is 0. The first-order valence-corrected chi connectivity index (χ1v) is 7.34. The number of fused-ring (bicyclic) bond motifs is 1. The summed E-state index contributed by atoms with van der Waals surface area (Å²) in [6.45, 7) is 7.01. The first kappa shape index (κ1) is 8.05. The Kier molecular flexibility index (Phi) is 1.84. The third kappa shape index (κ3) is 1.04. The number of hydrogen-bond acceptors (Lipinski definition) is 0. The van der Waals surface area contributed by atoms with Gasteiger partial charge in [-0.15, -0.1) is 0 Å². The van der Waals surface area contributed by atoms with Crippen molar-refractivity contribution in [3.8, 4) is 0 Å². The van der Waals surface area contributed by atoms with Gasteiger partial charge < -0.3 is 0 Å². The highest BCUT2D eigenvalue weighted by Gasteiger charge is 2.22.